The lowest BCUT2D eigenvalue weighted by Crippen LogP contribution is -1.90. The van der Waals surface area contributed by atoms with Gasteiger partial charge in [-0.15, -0.1) is 0 Å². The number of nitrogens with zero attached hydrogens (tertiary/aromatic N) is 3. The maximum atomic E-state index is 8.83. The first-order valence-corrected chi connectivity index (χ1v) is 6.10. The van der Waals surface area contributed by atoms with E-state index in [9.17, 15) is 0 Å². The fraction of sp³-hybridized carbons (Fsp3) is 0.357. The molecule has 1 aliphatic carbocycles. The number of rotatable bonds is 3. The van der Waals surface area contributed by atoms with Crippen molar-refractivity contribution in [3.05, 3.63) is 35.2 Å². The number of benzene rings is 1. The highest BCUT2D eigenvalue weighted by atomic mass is 16.5. The van der Waals surface area contributed by atoms with Gasteiger partial charge in [0.15, 0.2) is 5.82 Å². The number of hydrogen-bond donors (Lipinski definition) is 0. The van der Waals surface area contributed by atoms with Crippen LogP contribution in [0, 0.1) is 24.2 Å². The topological polar surface area (TPSA) is 62.7 Å². The van der Waals surface area contributed by atoms with E-state index in [-0.39, 0.29) is 0 Å². The normalized spacial score (nSPS) is 14.4. The summed E-state index contributed by atoms with van der Waals surface area (Å²) < 4.78 is 5.29. The van der Waals surface area contributed by atoms with Gasteiger partial charge in [0.1, 0.15) is 0 Å². The van der Waals surface area contributed by atoms with Gasteiger partial charge in [-0.2, -0.15) is 10.2 Å². The summed E-state index contributed by atoms with van der Waals surface area (Å²) >= 11 is 0. The largest absolute Gasteiger partial charge is 0.334 e. The van der Waals surface area contributed by atoms with Gasteiger partial charge >= 0.3 is 0 Å². The van der Waals surface area contributed by atoms with E-state index in [1.807, 2.05) is 19.1 Å². The van der Waals surface area contributed by atoms with Gasteiger partial charge in [-0.25, -0.2) is 0 Å². The summed E-state index contributed by atoms with van der Waals surface area (Å²) in [6, 6.07) is 7.59. The van der Waals surface area contributed by atoms with Crippen molar-refractivity contribution < 1.29 is 4.52 Å². The Labute approximate surface area is 105 Å². The van der Waals surface area contributed by atoms with Crippen LogP contribution in [0.4, 0.5) is 0 Å². The predicted molar refractivity (Wildman–Crippen MR) is 65.6 cm³/mol. The fourth-order valence-electron chi connectivity index (χ4n) is 2.00. The van der Waals surface area contributed by atoms with Crippen LogP contribution in [-0.2, 0) is 6.42 Å². The number of nitriles is 1. The zero-order valence-corrected chi connectivity index (χ0v) is 10.2. The average Bonchev–Trinajstić information content (AvgIpc) is 3.06. The molecule has 0 bridgehead atoms. The van der Waals surface area contributed by atoms with Gasteiger partial charge < -0.3 is 4.52 Å². The third-order valence-electron chi connectivity index (χ3n) is 3.22. The molecule has 0 amide bonds. The van der Waals surface area contributed by atoms with E-state index >= 15 is 0 Å². The Morgan fingerprint density at radius 3 is 2.94 bits per heavy atom. The lowest BCUT2D eigenvalue weighted by molar-refractivity contribution is 0.421. The molecular weight excluding hydrogens is 226 g/mol. The smallest absolute Gasteiger partial charge is 0.258 e. The minimum atomic E-state index is 0.549. The molecule has 0 unspecified atom stereocenters. The summed E-state index contributed by atoms with van der Waals surface area (Å²) in [4.78, 5) is 4.42. The van der Waals surface area contributed by atoms with Gasteiger partial charge in [-0.3, -0.25) is 0 Å². The van der Waals surface area contributed by atoms with Gasteiger partial charge in [-0.1, -0.05) is 5.16 Å². The maximum Gasteiger partial charge on any atom is 0.258 e. The molecule has 2 aromatic rings. The Hall–Kier alpha value is -2.15. The van der Waals surface area contributed by atoms with Crippen molar-refractivity contribution in [2.75, 3.05) is 0 Å². The molecule has 4 heteroatoms. The SMILES string of the molecule is Cc1cc(C#N)ccc1-c1nc(CC2CC2)no1. The Morgan fingerprint density at radius 2 is 2.28 bits per heavy atom. The van der Waals surface area contributed by atoms with Crippen LogP contribution in [-0.4, -0.2) is 10.1 Å². The summed E-state index contributed by atoms with van der Waals surface area (Å²) in [5.41, 5.74) is 2.54. The Kier molecular flexibility index (Phi) is 2.60. The van der Waals surface area contributed by atoms with Crippen LogP contribution in [0.1, 0.15) is 29.8 Å². The minimum Gasteiger partial charge on any atom is -0.334 e. The van der Waals surface area contributed by atoms with E-state index in [0.29, 0.717) is 11.5 Å². The summed E-state index contributed by atoms with van der Waals surface area (Å²) in [6.45, 7) is 1.95. The predicted octanol–water partition coefficient (Wildman–Crippen LogP) is 2.87. The van der Waals surface area contributed by atoms with Crippen molar-refractivity contribution >= 4 is 0 Å². The zero-order valence-electron chi connectivity index (χ0n) is 10.2. The fourth-order valence-corrected chi connectivity index (χ4v) is 2.00. The van der Waals surface area contributed by atoms with E-state index in [2.05, 4.69) is 16.2 Å². The molecule has 0 N–H and O–H groups in total. The van der Waals surface area contributed by atoms with Crippen molar-refractivity contribution in [2.45, 2.75) is 26.2 Å². The second kappa shape index (κ2) is 4.26. The van der Waals surface area contributed by atoms with E-state index < -0.39 is 0 Å². The van der Waals surface area contributed by atoms with Crippen molar-refractivity contribution in [1.82, 2.24) is 10.1 Å². The van der Waals surface area contributed by atoms with Crippen molar-refractivity contribution in [3.8, 4) is 17.5 Å². The second-order valence-corrected chi connectivity index (χ2v) is 4.80. The Morgan fingerprint density at radius 1 is 1.44 bits per heavy atom. The van der Waals surface area contributed by atoms with E-state index in [0.717, 1.165) is 29.3 Å². The quantitative estimate of drug-likeness (QED) is 0.826. The third-order valence-corrected chi connectivity index (χ3v) is 3.22. The van der Waals surface area contributed by atoms with Crippen molar-refractivity contribution in [2.24, 2.45) is 5.92 Å². The standard InChI is InChI=1S/C14H13N3O/c1-9-6-11(8-15)4-5-12(9)14-16-13(17-18-14)7-10-2-3-10/h4-6,10H,2-3,7H2,1H3. The van der Waals surface area contributed by atoms with Crippen LogP contribution < -0.4 is 0 Å². The molecule has 1 aromatic heterocycles. The summed E-state index contributed by atoms with van der Waals surface area (Å²) in [5, 5.41) is 12.8. The highest BCUT2D eigenvalue weighted by Gasteiger charge is 2.24. The molecule has 0 aliphatic heterocycles. The molecule has 0 spiro atoms. The van der Waals surface area contributed by atoms with Crippen LogP contribution in [0.15, 0.2) is 22.7 Å². The molecule has 0 saturated heterocycles. The van der Waals surface area contributed by atoms with Crippen LogP contribution in [0.5, 0.6) is 0 Å². The molecule has 90 valence electrons. The molecule has 18 heavy (non-hydrogen) atoms. The molecular formula is C14H13N3O. The molecule has 0 atom stereocenters. The van der Waals surface area contributed by atoms with Crippen LogP contribution in [0.3, 0.4) is 0 Å². The Balaban J connectivity index is 1.89. The maximum absolute atomic E-state index is 8.83. The number of hydrogen-bond acceptors (Lipinski definition) is 4. The van der Waals surface area contributed by atoms with Crippen LogP contribution >= 0.6 is 0 Å². The molecule has 0 radical (unpaired) electrons. The summed E-state index contributed by atoms with van der Waals surface area (Å²) in [6.07, 6.45) is 3.47. The third kappa shape index (κ3) is 2.12. The molecule has 1 saturated carbocycles. The van der Waals surface area contributed by atoms with Gasteiger partial charge in [0.2, 0.25) is 0 Å². The summed E-state index contributed by atoms with van der Waals surface area (Å²) in [5.74, 6) is 2.08. The van der Waals surface area contributed by atoms with Gasteiger partial charge in [0.05, 0.1) is 11.6 Å². The highest BCUT2D eigenvalue weighted by Crippen LogP contribution is 2.32. The van der Waals surface area contributed by atoms with Gasteiger partial charge in [-0.05, 0) is 49.4 Å². The lowest BCUT2D eigenvalue weighted by atomic mass is 10.1. The van der Waals surface area contributed by atoms with Crippen LogP contribution in [0.2, 0.25) is 0 Å². The monoisotopic (exact) mass is 239 g/mol. The minimum absolute atomic E-state index is 0.549. The average molecular weight is 239 g/mol. The van der Waals surface area contributed by atoms with E-state index in [1.165, 1.54) is 12.8 Å². The number of aromatic nitrogens is 2. The lowest BCUT2D eigenvalue weighted by Gasteiger charge is -1.99. The first kappa shape index (κ1) is 11.0. The first-order valence-electron chi connectivity index (χ1n) is 6.10. The van der Waals surface area contributed by atoms with Gasteiger partial charge in [0, 0.05) is 12.0 Å². The van der Waals surface area contributed by atoms with Crippen LogP contribution in [0.25, 0.3) is 11.5 Å². The molecule has 1 aromatic carbocycles. The zero-order chi connectivity index (χ0) is 12.5. The van der Waals surface area contributed by atoms with E-state index in [1.54, 1.807) is 6.07 Å². The first-order chi connectivity index (χ1) is 8.76. The van der Waals surface area contributed by atoms with Crippen molar-refractivity contribution in [1.29, 1.82) is 5.26 Å². The highest BCUT2D eigenvalue weighted by molar-refractivity contribution is 5.60. The molecule has 1 aliphatic rings. The second-order valence-electron chi connectivity index (χ2n) is 4.80. The van der Waals surface area contributed by atoms with Crippen molar-refractivity contribution in [3.63, 3.8) is 0 Å². The summed E-state index contributed by atoms with van der Waals surface area (Å²) in [7, 11) is 0. The van der Waals surface area contributed by atoms with E-state index in [4.69, 9.17) is 9.78 Å². The van der Waals surface area contributed by atoms with Gasteiger partial charge in [0.25, 0.3) is 5.89 Å². The molecule has 3 rings (SSSR count). The Bertz CT molecular complexity index is 620. The molecule has 4 nitrogen and oxygen atoms in total. The molecule has 1 fully saturated rings. The number of aryl methyl sites for hydroxylation is 1. The molecule has 1 heterocycles.